The minimum Gasteiger partial charge on any atom is -0.495 e. The molecule has 0 aliphatic carbocycles. The summed E-state index contributed by atoms with van der Waals surface area (Å²) in [5.41, 5.74) is 0.240. The molecule has 0 N–H and O–H groups in total. The van der Waals surface area contributed by atoms with Gasteiger partial charge in [-0.05, 0) is 24.3 Å². The van der Waals surface area contributed by atoms with Crippen LogP contribution in [0.3, 0.4) is 0 Å². The van der Waals surface area contributed by atoms with Gasteiger partial charge >= 0.3 is 0 Å². The van der Waals surface area contributed by atoms with E-state index < -0.39 is 11.6 Å². The van der Waals surface area contributed by atoms with Gasteiger partial charge in [0.15, 0.2) is 11.6 Å². The number of ether oxygens (including phenoxy) is 1. The Morgan fingerprint density at radius 1 is 1.15 bits per heavy atom. The predicted molar refractivity (Wildman–Crippen MR) is 72.8 cm³/mol. The van der Waals surface area contributed by atoms with Gasteiger partial charge in [-0.3, -0.25) is 4.79 Å². The molecule has 2 aromatic carbocycles. The van der Waals surface area contributed by atoms with Crippen molar-refractivity contribution in [3.05, 3.63) is 53.6 Å². The summed E-state index contributed by atoms with van der Waals surface area (Å²) in [7, 11) is 3.01. The van der Waals surface area contributed by atoms with E-state index in [0.29, 0.717) is 17.7 Å². The van der Waals surface area contributed by atoms with Crippen LogP contribution in [0, 0.1) is 11.6 Å². The number of methoxy groups -OCH3 is 1. The number of hydrogen-bond donors (Lipinski definition) is 0. The molecule has 0 heterocycles. The van der Waals surface area contributed by atoms with Crippen LogP contribution in [-0.2, 0) is 0 Å². The molecule has 5 heteroatoms. The summed E-state index contributed by atoms with van der Waals surface area (Å²) in [5, 5.41) is 0. The number of carbonyl (C=O) groups is 1. The lowest BCUT2D eigenvalue weighted by molar-refractivity contribution is 0.112. The maximum atomic E-state index is 14.0. The number of nitrogens with zero attached hydrogens (tertiary/aromatic N) is 1. The van der Waals surface area contributed by atoms with Gasteiger partial charge in [0.2, 0.25) is 0 Å². The molecule has 0 amide bonds. The molecule has 0 fully saturated rings. The molecule has 0 unspecified atom stereocenters. The van der Waals surface area contributed by atoms with Gasteiger partial charge in [-0.1, -0.05) is 12.1 Å². The molecule has 0 saturated carbocycles. The van der Waals surface area contributed by atoms with Gasteiger partial charge < -0.3 is 9.64 Å². The molecule has 2 aromatic rings. The van der Waals surface area contributed by atoms with E-state index >= 15 is 0 Å². The Morgan fingerprint density at radius 3 is 2.30 bits per heavy atom. The Bertz CT molecular complexity index is 621. The van der Waals surface area contributed by atoms with Gasteiger partial charge in [0.25, 0.3) is 0 Å². The topological polar surface area (TPSA) is 29.5 Å². The van der Waals surface area contributed by atoms with E-state index in [4.69, 9.17) is 4.74 Å². The number of rotatable bonds is 4. The zero-order valence-corrected chi connectivity index (χ0v) is 11.1. The highest BCUT2D eigenvalue weighted by atomic mass is 19.1. The van der Waals surface area contributed by atoms with Crippen molar-refractivity contribution in [3.8, 4) is 5.75 Å². The normalized spacial score (nSPS) is 10.2. The number of benzene rings is 2. The van der Waals surface area contributed by atoms with Crippen LogP contribution in [0.4, 0.5) is 20.2 Å². The van der Waals surface area contributed by atoms with Crippen molar-refractivity contribution in [1.82, 2.24) is 0 Å². The molecular formula is C15H13F2NO2. The zero-order chi connectivity index (χ0) is 14.7. The van der Waals surface area contributed by atoms with Crippen LogP contribution in [0.5, 0.6) is 5.75 Å². The summed E-state index contributed by atoms with van der Waals surface area (Å²) in [6.07, 6.45) is 0.402. The fraction of sp³-hybridized carbons (Fsp3) is 0.133. The lowest BCUT2D eigenvalue weighted by atomic mass is 10.1. The molecule has 0 aromatic heterocycles. The Kier molecular flexibility index (Phi) is 3.98. The van der Waals surface area contributed by atoms with Crippen LogP contribution in [0.25, 0.3) is 0 Å². The van der Waals surface area contributed by atoms with Crippen molar-refractivity contribution in [2.75, 3.05) is 19.1 Å². The van der Waals surface area contributed by atoms with Crippen LogP contribution < -0.4 is 9.64 Å². The second-order valence-electron chi connectivity index (χ2n) is 4.18. The van der Waals surface area contributed by atoms with E-state index in [1.807, 2.05) is 0 Å². The van der Waals surface area contributed by atoms with E-state index in [-0.39, 0.29) is 11.3 Å². The average Bonchev–Trinajstić information content (AvgIpc) is 2.46. The molecule has 104 valence electrons. The van der Waals surface area contributed by atoms with Gasteiger partial charge in [0.1, 0.15) is 17.7 Å². The largest absolute Gasteiger partial charge is 0.495 e. The highest BCUT2D eigenvalue weighted by Gasteiger charge is 2.18. The maximum Gasteiger partial charge on any atom is 0.150 e. The molecule has 2 rings (SSSR count). The summed E-state index contributed by atoms with van der Waals surface area (Å²) < 4.78 is 33.1. The average molecular weight is 277 g/mol. The van der Waals surface area contributed by atoms with Crippen LogP contribution in [0.1, 0.15) is 10.4 Å². The van der Waals surface area contributed by atoms with Crippen LogP contribution in [0.15, 0.2) is 36.4 Å². The highest BCUT2D eigenvalue weighted by molar-refractivity contribution is 5.77. The fourth-order valence-electron chi connectivity index (χ4n) is 2.00. The van der Waals surface area contributed by atoms with E-state index in [9.17, 15) is 13.6 Å². The van der Waals surface area contributed by atoms with Gasteiger partial charge in [-0.25, -0.2) is 8.78 Å². The fourth-order valence-corrected chi connectivity index (χ4v) is 2.00. The Hall–Kier alpha value is -2.43. The standard InChI is InChI=1S/C15H13F2NO2/c1-18(13-5-3-4-6-14(13)20-2)15-11(16)7-10(9-19)8-12(15)17/h3-9H,1-2H3. The third-order valence-corrected chi connectivity index (χ3v) is 2.96. The number of halogens is 2. The second-order valence-corrected chi connectivity index (χ2v) is 4.18. The first-order valence-electron chi connectivity index (χ1n) is 5.89. The molecule has 20 heavy (non-hydrogen) atoms. The lowest BCUT2D eigenvalue weighted by Gasteiger charge is -2.22. The first kappa shape index (κ1) is 14.0. The number of carbonyl (C=O) groups excluding carboxylic acids is 1. The van der Waals surface area contributed by atoms with Crippen LogP contribution >= 0.6 is 0 Å². The van der Waals surface area contributed by atoms with Crippen LogP contribution in [-0.4, -0.2) is 20.4 Å². The van der Waals surface area contributed by atoms with Crippen molar-refractivity contribution in [1.29, 1.82) is 0 Å². The SMILES string of the molecule is COc1ccccc1N(C)c1c(F)cc(C=O)cc1F. The molecule has 0 bridgehead atoms. The maximum absolute atomic E-state index is 14.0. The molecule has 3 nitrogen and oxygen atoms in total. The van der Waals surface area contributed by atoms with Crippen molar-refractivity contribution < 1.29 is 18.3 Å². The second kappa shape index (κ2) is 5.69. The van der Waals surface area contributed by atoms with Gasteiger partial charge in [-0.2, -0.15) is 0 Å². The van der Waals surface area contributed by atoms with Gasteiger partial charge in [-0.15, -0.1) is 0 Å². The highest BCUT2D eigenvalue weighted by Crippen LogP contribution is 2.35. The monoisotopic (exact) mass is 277 g/mol. The van der Waals surface area contributed by atoms with Crippen molar-refractivity contribution in [3.63, 3.8) is 0 Å². The number of para-hydroxylation sites is 2. The smallest absolute Gasteiger partial charge is 0.150 e. The molecule has 0 aliphatic rings. The lowest BCUT2D eigenvalue weighted by Crippen LogP contribution is -2.14. The minimum absolute atomic E-state index is 0.0443. The Morgan fingerprint density at radius 2 is 1.75 bits per heavy atom. The number of aldehydes is 1. The van der Waals surface area contributed by atoms with Crippen LogP contribution in [0.2, 0.25) is 0 Å². The summed E-state index contributed by atoms with van der Waals surface area (Å²) >= 11 is 0. The van der Waals surface area contributed by atoms with E-state index in [2.05, 4.69) is 0 Å². The quantitative estimate of drug-likeness (QED) is 0.800. The summed E-state index contributed by atoms with van der Waals surface area (Å²) in [5.74, 6) is -1.12. The van der Waals surface area contributed by atoms with Crippen molar-refractivity contribution >= 4 is 17.7 Å². The Labute approximate surface area is 115 Å². The van der Waals surface area contributed by atoms with Crippen molar-refractivity contribution in [2.24, 2.45) is 0 Å². The molecule has 0 aliphatic heterocycles. The third kappa shape index (κ3) is 2.47. The molecule has 0 saturated heterocycles. The predicted octanol–water partition coefficient (Wildman–Crippen LogP) is 3.55. The number of hydrogen-bond acceptors (Lipinski definition) is 3. The summed E-state index contributed by atoms with van der Waals surface area (Å²) in [6, 6.07) is 8.88. The minimum atomic E-state index is -0.805. The molecule has 0 spiro atoms. The van der Waals surface area contributed by atoms with E-state index in [0.717, 1.165) is 12.1 Å². The third-order valence-electron chi connectivity index (χ3n) is 2.96. The van der Waals surface area contributed by atoms with Gasteiger partial charge in [0, 0.05) is 12.6 Å². The van der Waals surface area contributed by atoms with Gasteiger partial charge in [0.05, 0.1) is 12.8 Å². The van der Waals surface area contributed by atoms with E-state index in [1.165, 1.54) is 19.1 Å². The molecule has 0 atom stereocenters. The summed E-state index contributed by atoms with van der Waals surface area (Å²) in [6.45, 7) is 0. The first-order chi connectivity index (χ1) is 9.58. The molecule has 0 radical (unpaired) electrons. The Balaban J connectivity index is 2.53. The molecular weight excluding hydrogens is 264 g/mol. The van der Waals surface area contributed by atoms with Crippen molar-refractivity contribution in [2.45, 2.75) is 0 Å². The summed E-state index contributed by atoms with van der Waals surface area (Å²) in [4.78, 5) is 11.9. The first-order valence-corrected chi connectivity index (χ1v) is 5.89. The number of anilines is 2. The zero-order valence-electron chi connectivity index (χ0n) is 11.1. The van der Waals surface area contributed by atoms with E-state index in [1.54, 1.807) is 24.3 Å².